The number of Topliss-reactive ketones (excluding diaryl/α,β-unsaturated/α-hetero) is 1. The number of anilines is 1. The Kier molecular flexibility index (Phi) is 5.66. The topological polar surface area (TPSA) is 59.1 Å². The summed E-state index contributed by atoms with van der Waals surface area (Å²) in [5, 5.41) is 3.98. The molecule has 0 aliphatic carbocycles. The Balaban J connectivity index is 1.58. The van der Waals surface area contributed by atoms with E-state index in [9.17, 15) is 9.59 Å². The molecule has 1 N–H and O–H groups in total. The van der Waals surface area contributed by atoms with Crippen molar-refractivity contribution in [2.24, 2.45) is 0 Å². The quantitative estimate of drug-likeness (QED) is 0.432. The maximum Gasteiger partial charge on any atom is 0.256 e. The minimum Gasteiger partial charge on any atom is -0.320 e. The second-order valence-corrected chi connectivity index (χ2v) is 7.23. The van der Waals surface area contributed by atoms with Crippen molar-refractivity contribution in [1.82, 2.24) is 4.98 Å². The number of aryl methyl sites for hydroxylation is 2. The first kappa shape index (κ1) is 19.5. The van der Waals surface area contributed by atoms with Crippen molar-refractivity contribution in [3.8, 4) is 0 Å². The molecular formula is C26H22N2O2. The number of benzene rings is 3. The van der Waals surface area contributed by atoms with Crippen LogP contribution >= 0.6 is 0 Å². The van der Waals surface area contributed by atoms with Crippen molar-refractivity contribution in [3.63, 3.8) is 0 Å². The first-order valence-corrected chi connectivity index (χ1v) is 9.95. The Bertz CT molecular complexity index is 1210. The number of fused-ring (bicyclic) bond motifs is 1. The third kappa shape index (κ3) is 4.13. The summed E-state index contributed by atoms with van der Waals surface area (Å²) in [7, 11) is 0. The zero-order valence-electron chi connectivity index (χ0n) is 16.8. The molecule has 30 heavy (non-hydrogen) atoms. The Morgan fingerprint density at radius 1 is 0.867 bits per heavy atom. The van der Waals surface area contributed by atoms with Crippen molar-refractivity contribution in [1.29, 1.82) is 0 Å². The average Bonchev–Trinajstić information content (AvgIpc) is 2.78. The van der Waals surface area contributed by atoms with Crippen molar-refractivity contribution >= 4 is 28.3 Å². The minimum absolute atomic E-state index is 0.0710. The molecule has 0 unspecified atom stereocenters. The number of carbonyl (C=O) groups excluding carboxylic acids is 2. The van der Waals surface area contributed by atoms with Gasteiger partial charge in [-0.05, 0) is 36.6 Å². The monoisotopic (exact) mass is 394 g/mol. The summed E-state index contributed by atoms with van der Waals surface area (Å²) in [4.78, 5) is 30.1. The second kappa shape index (κ2) is 8.70. The lowest BCUT2D eigenvalue weighted by molar-refractivity contribution is 0.0978. The highest BCUT2D eigenvalue weighted by Gasteiger charge is 2.17. The molecule has 0 bridgehead atoms. The first-order valence-electron chi connectivity index (χ1n) is 9.95. The van der Waals surface area contributed by atoms with Gasteiger partial charge < -0.3 is 5.32 Å². The summed E-state index contributed by atoms with van der Waals surface area (Å²) >= 11 is 0. The summed E-state index contributed by atoms with van der Waals surface area (Å²) in [5.41, 5.74) is 4.48. The van der Waals surface area contributed by atoms with Crippen LogP contribution in [0.1, 0.15) is 38.3 Å². The Hall–Kier alpha value is -3.79. The average molecular weight is 394 g/mol. The number of aromatic nitrogens is 1. The van der Waals surface area contributed by atoms with Crippen molar-refractivity contribution in [3.05, 3.63) is 107 Å². The summed E-state index contributed by atoms with van der Waals surface area (Å²) < 4.78 is 0. The van der Waals surface area contributed by atoms with Gasteiger partial charge in [-0.25, -0.2) is 0 Å². The van der Waals surface area contributed by atoms with Crippen molar-refractivity contribution in [2.45, 2.75) is 19.8 Å². The van der Waals surface area contributed by atoms with E-state index >= 15 is 0 Å². The Morgan fingerprint density at radius 3 is 2.47 bits per heavy atom. The summed E-state index contributed by atoms with van der Waals surface area (Å²) in [6, 6.07) is 24.6. The standard InChI is InChI=1S/C26H22N2O2/c1-18-8-5-11-20(15-16-23(29)19-9-3-2-4-10-19)24(18)26(30)28-22-14-6-12-21-13-7-17-27-25(21)22/h2-14,17H,15-16H2,1H3,(H,28,30). The van der Waals surface area contributed by atoms with Crippen LogP contribution in [0, 0.1) is 6.92 Å². The van der Waals surface area contributed by atoms with Gasteiger partial charge in [-0.15, -0.1) is 0 Å². The number of pyridine rings is 1. The lowest BCUT2D eigenvalue weighted by atomic mass is 9.95. The van der Waals surface area contributed by atoms with Gasteiger partial charge in [0.05, 0.1) is 11.2 Å². The first-order chi connectivity index (χ1) is 14.6. The second-order valence-electron chi connectivity index (χ2n) is 7.23. The number of hydrogen-bond acceptors (Lipinski definition) is 3. The van der Waals surface area contributed by atoms with Crippen LogP contribution in [0.3, 0.4) is 0 Å². The van der Waals surface area contributed by atoms with Gasteiger partial charge in [-0.3, -0.25) is 14.6 Å². The van der Waals surface area contributed by atoms with E-state index in [1.165, 1.54) is 0 Å². The van der Waals surface area contributed by atoms with Crippen LogP contribution in [-0.4, -0.2) is 16.7 Å². The van der Waals surface area contributed by atoms with Crippen LogP contribution < -0.4 is 5.32 Å². The predicted octanol–water partition coefficient (Wildman–Crippen LogP) is 5.61. The fourth-order valence-electron chi connectivity index (χ4n) is 3.67. The molecule has 1 amide bonds. The SMILES string of the molecule is Cc1cccc(CCC(=O)c2ccccc2)c1C(=O)Nc1cccc2cccnc12. The number of nitrogens with one attached hydrogen (secondary N) is 1. The minimum atomic E-state index is -0.187. The summed E-state index contributed by atoms with van der Waals surface area (Å²) in [6.45, 7) is 1.92. The van der Waals surface area contributed by atoms with Crippen molar-refractivity contribution < 1.29 is 9.59 Å². The van der Waals surface area contributed by atoms with E-state index in [0.29, 0.717) is 29.7 Å². The summed E-state index contributed by atoms with van der Waals surface area (Å²) in [6.07, 6.45) is 2.57. The zero-order chi connectivity index (χ0) is 20.9. The Morgan fingerprint density at radius 2 is 1.63 bits per heavy atom. The predicted molar refractivity (Wildman–Crippen MR) is 120 cm³/mol. The zero-order valence-corrected chi connectivity index (χ0v) is 16.8. The van der Waals surface area contributed by atoms with Gasteiger partial charge in [0.1, 0.15) is 0 Å². The fraction of sp³-hybridized carbons (Fsp3) is 0.115. The van der Waals surface area contributed by atoms with Crippen LogP contribution in [0.5, 0.6) is 0 Å². The van der Waals surface area contributed by atoms with Gasteiger partial charge >= 0.3 is 0 Å². The highest BCUT2D eigenvalue weighted by Crippen LogP contribution is 2.23. The molecule has 4 heteroatoms. The smallest absolute Gasteiger partial charge is 0.256 e. The van der Waals surface area contributed by atoms with Crippen LogP contribution in [0.4, 0.5) is 5.69 Å². The van der Waals surface area contributed by atoms with E-state index in [1.807, 2.05) is 85.8 Å². The molecule has 0 saturated carbocycles. The molecule has 0 atom stereocenters. The van der Waals surface area contributed by atoms with Gasteiger partial charge in [0.15, 0.2) is 5.78 Å². The third-order valence-corrected chi connectivity index (χ3v) is 5.18. The highest BCUT2D eigenvalue weighted by molar-refractivity contribution is 6.10. The molecule has 0 radical (unpaired) electrons. The molecule has 4 aromatic rings. The van der Waals surface area contributed by atoms with E-state index in [0.717, 1.165) is 22.0 Å². The van der Waals surface area contributed by atoms with Gasteiger partial charge in [0.2, 0.25) is 0 Å². The molecule has 0 aliphatic rings. The largest absolute Gasteiger partial charge is 0.320 e. The van der Waals surface area contributed by atoms with Crippen LogP contribution in [-0.2, 0) is 6.42 Å². The van der Waals surface area contributed by atoms with Gasteiger partial charge in [-0.1, -0.05) is 66.7 Å². The van der Waals surface area contributed by atoms with Gasteiger partial charge in [-0.2, -0.15) is 0 Å². The fourth-order valence-corrected chi connectivity index (χ4v) is 3.67. The third-order valence-electron chi connectivity index (χ3n) is 5.18. The number of rotatable bonds is 6. The van der Waals surface area contributed by atoms with E-state index in [2.05, 4.69) is 10.3 Å². The maximum absolute atomic E-state index is 13.2. The van der Waals surface area contributed by atoms with E-state index < -0.39 is 0 Å². The molecule has 1 heterocycles. The van der Waals surface area contributed by atoms with Gasteiger partial charge in [0.25, 0.3) is 5.91 Å². The van der Waals surface area contributed by atoms with E-state index in [1.54, 1.807) is 6.20 Å². The molecule has 0 fully saturated rings. The van der Waals surface area contributed by atoms with Crippen molar-refractivity contribution in [2.75, 3.05) is 5.32 Å². The molecule has 1 aromatic heterocycles. The molecule has 4 nitrogen and oxygen atoms in total. The highest BCUT2D eigenvalue weighted by atomic mass is 16.1. The Labute approximate surface area is 175 Å². The molecular weight excluding hydrogens is 372 g/mol. The number of amides is 1. The molecule has 0 spiro atoms. The molecule has 148 valence electrons. The van der Waals surface area contributed by atoms with E-state index in [-0.39, 0.29) is 11.7 Å². The number of ketones is 1. The molecule has 0 saturated heterocycles. The number of hydrogen-bond donors (Lipinski definition) is 1. The maximum atomic E-state index is 13.2. The number of nitrogens with zero attached hydrogens (tertiary/aromatic N) is 1. The molecule has 3 aromatic carbocycles. The molecule has 0 aliphatic heterocycles. The summed E-state index contributed by atoms with van der Waals surface area (Å²) in [5.74, 6) is -0.116. The number of para-hydroxylation sites is 1. The normalized spacial score (nSPS) is 10.7. The van der Waals surface area contributed by atoms with E-state index in [4.69, 9.17) is 0 Å². The van der Waals surface area contributed by atoms with Crippen LogP contribution in [0.25, 0.3) is 10.9 Å². The van der Waals surface area contributed by atoms with Crippen LogP contribution in [0.15, 0.2) is 85.1 Å². The lowest BCUT2D eigenvalue weighted by Gasteiger charge is -2.14. The van der Waals surface area contributed by atoms with Gasteiger partial charge in [0, 0.05) is 29.1 Å². The lowest BCUT2D eigenvalue weighted by Crippen LogP contribution is -2.17. The molecule has 4 rings (SSSR count). The number of carbonyl (C=O) groups is 2. The van der Waals surface area contributed by atoms with Crippen LogP contribution in [0.2, 0.25) is 0 Å².